The minimum Gasteiger partial charge on any atom is -0.494 e. The number of carbonyl (C=O) groups excluding carboxylic acids is 1. The second-order valence-corrected chi connectivity index (χ2v) is 5.90. The van der Waals surface area contributed by atoms with Crippen LogP contribution >= 0.6 is 11.8 Å². The fourth-order valence-corrected chi connectivity index (χ4v) is 2.65. The summed E-state index contributed by atoms with van der Waals surface area (Å²) >= 11 is 1.30. The van der Waals surface area contributed by atoms with Gasteiger partial charge in [-0.2, -0.15) is 0 Å². The van der Waals surface area contributed by atoms with Crippen LogP contribution in [0.4, 0.5) is 0 Å². The Morgan fingerprint density at radius 2 is 2.00 bits per heavy atom. The molecule has 23 heavy (non-hydrogen) atoms. The topological polar surface area (TPSA) is 66.2 Å². The van der Waals surface area contributed by atoms with Gasteiger partial charge in [0, 0.05) is 12.6 Å². The fourth-order valence-electron chi connectivity index (χ4n) is 1.91. The van der Waals surface area contributed by atoms with Crippen LogP contribution in [0.3, 0.4) is 0 Å². The number of benzene rings is 1. The Morgan fingerprint density at radius 1 is 1.26 bits per heavy atom. The van der Waals surface area contributed by atoms with Crippen LogP contribution in [0.5, 0.6) is 5.75 Å². The Morgan fingerprint density at radius 3 is 2.65 bits per heavy atom. The molecule has 0 atom stereocenters. The Kier molecular flexibility index (Phi) is 6.46. The molecule has 0 fully saturated rings. The van der Waals surface area contributed by atoms with Gasteiger partial charge in [-0.05, 0) is 30.7 Å². The van der Waals surface area contributed by atoms with E-state index in [-0.39, 0.29) is 11.7 Å². The molecule has 0 aliphatic carbocycles. The molecule has 0 saturated heterocycles. The zero-order valence-electron chi connectivity index (χ0n) is 13.6. The van der Waals surface area contributed by atoms with Gasteiger partial charge in [0.25, 0.3) is 0 Å². The molecule has 2 aromatic rings. The number of esters is 1. The normalized spacial score (nSPS) is 10.6. The highest BCUT2D eigenvalue weighted by Gasteiger charge is 2.13. The highest BCUT2D eigenvalue weighted by atomic mass is 32.2. The predicted molar refractivity (Wildman–Crippen MR) is 89.6 cm³/mol. The smallest absolute Gasteiger partial charge is 0.316 e. The molecule has 124 valence electrons. The molecule has 0 spiro atoms. The van der Waals surface area contributed by atoms with Gasteiger partial charge in [-0.1, -0.05) is 25.1 Å². The number of nitrogens with zero attached hydrogens (tertiary/aromatic N) is 3. The standard InChI is InChI=1S/C16H21N3O3S/c1-4-5-10-22-13-8-6-12(7-9-13)15-17-18-16(19(15)2)23-11-14(20)21-3/h6-9H,4-5,10-11H2,1-3H3. The number of unbranched alkanes of at least 4 members (excludes halogenated alkanes) is 1. The van der Waals surface area contributed by atoms with Gasteiger partial charge in [0.2, 0.25) is 0 Å². The largest absolute Gasteiger partial charge is 0.494 e. The quantitative estimate of drug-likeness (QED) is 0.420. The summed E-state index contributed by atoms with van der Waals surface area (Å²) in [7, 11) is 3.25. The molecule has 1 aromatic carbocycles. The van der Waals surface area contributed by atoms with Gasteiger partial charge in [0.15, 0.2) is 11.0 Å². The summed E-state index contributed by atoms with van der Waals surface area (Å²) in [4.78, 5) is 11.2. The SMILES string of the molecule is CCCCOc1ccc(-c2nnc(SCC(=O)OC)n2C)cc1. The molecule has 0 aliphatic heterocycles. The first-order chi connectivity index (χ1) is 11.2. The number of thioether (sulfide) groups is 1. The number of rotatable bonds is 8. The van der Waals surface area contributed by atoms with Gasteiger partial charge < -0.3 is 14.0 Å². The van der Waals surface area contributed by atoms with Crippen LogP contribution in [0.15, 0.2) is 29.4 Å². The molecule has 0 bridgehead atoms. The van der Waals surface area contributed by atoms with Crippen LogP contribution in [-0.4, -0.2) is 40.2 Å². The molecular formula is C16H21N3O3S. The van der Waals surface area contributed by atoms with Crippen molar-refractivity contribution in [2.24, 2.45) is 7.05 Å². The number of hydrogen-bond donors (Lipinski definition) is 0. The third-order valence-electron chi connectivity index (χ3n) is 3.26. The van der Waals surface area contributed by atoms with Crippen LogP contribution in [0, 0.1) is 0 Å². The first kappa shape index (κ1) is 17.3. The van der Waals surface area contributed by atoms with Crippen molar-refractivity contribution in [2.45, 2.75) is 24.9 Å². The monoisotopic (exact) mass is 335 g/mol. The van der Waals surface area contributed by atoms with Gasteiger partial charge in [-0.15, -0.1) is 10.2 Å². The Bertz CT molecular complexity index is 641. The van der Waals surface area contributed by atoms with E-state index in [1.54, 1.807) is 0 Å². The van der Waals surface area contributed by atoms with Gasteiger partial charge in [0.05, 0.1) is 19.5 Å². The third-order valence-corrected chi connectivity index (χ3v) is 4.25. The Balaban J connectivity index is 2.04. The van der Waals surface area contributed by atoms with Crippen molar-refractivity contribution in [3.8, 4) is 17.1 Å². The number of carbonyl (C=O) groups is 1. The van der Waals surface area contributed by atoms with E-state index in [0.717, 1.165) is 36.6 Å². The maximum Gasteiger partial charge on any atom is 0.316 e. The summed E-state index contributed by atoms with van der Waals surface area (Å²) in [6.45, 7) is 2.87. The third kappa shape index (κ3) is 4.72. The van der Waals surface area contributed by atoms with Crippen LogP contribution < -0.4 is 4.74 Å². The lowest BCUT2D eigenvalue weighted by atomic mass is 10.2. The lowest BCUT2D eigenvalue weighted by molar-refractivity contribution is -0.137. The highest BCUT2D eigenvalue weighted by Crippen LogP contribution is 2.24. The lowest BCUT2D eigenvalue weighted by Crippen LogP contribution is -2.04. The molecule has 6 nitrogen and oxygen atoms in total. The van der Waals surface area contributed by atoms with Crippen LogP contribution in [0.2, 0.25) is 0 Å². The summed E-state index contributed by atoms with van der Waals surface area (Å²) in [5.74, 6) is 1.53. The molecule has 0 aliphatic rings. The number of hydrogen-bond acceptors (Lipinski definition) is 6. The van der Waals surface area contributed by atoms with Gasteiger partial charge in [-0.25, -0.2) is 0 Å². The first-order valence-electron chi connectivity index (χ1n) is 7.48. The molecule has 0 amide bonds. The minimum absolute atomic E-state index is 0.215. The highest BCUT2D eigenvalue weighted by molar-refractivity contribution is 7.99. The van der Waals surface area contributed by atoms with E-state index in [4.69, 9.17) is 4.74 Å². The molecule has 7 heteroatoms. The van der Waals surface area contributed by atoms with E-state index >= 15 is 0 Å². The van der Waals surface area contributed by atoms with Gasteiger partial charge in [-0.3, -0.25) is 4.79 Å². The van der Waals surface area contributed by atoms with Crippen molar-refractivity contribution in [3.05, 3.63) is 24.3 Å². The molecular weight excluding hydrogens is 314 g/mol. The second kappa shape index (κ2) is 8.57. The van der Waals surface area contributed by atoms with Crippen molar-refractivity contribution >= 4 is 17.7 Å². The Labute approximate surface area is 140 Å². The molecule has 0 N–H and O–H groups in total. The van der Waals surface area contributed by atoms with E-state index in [0.29, 0.717) is 5.16 Å². The van der Waals surface area contributed by atoms with E-state index in [1.807, 2.05) is 35.9 Å². The summed E-state index contributed by atoms with van der Waals surface area (Å²) in [5.41, 5.74) is 0.952. The molecule has 0 radical (unpaired) electrons. The van der Waals surface area contributed by atoms with Crippen molar-refractivity contribution in [1.82, 2.24) is 14.8 Å². The molecule has 0 unspecified atom stereocenters. The van der Waals surface area contributed by atoms with Gasteiger partial charge in [0.1, 0.15) is 5.75 Å². The molecule has 0 saturated carbocycles. The summed E-state index contributed by atoms with van der Waals surface area (Å²) in [6, 6.07) is 7.78. The summed E-state index contributed by atoms with van der Waals surface area (Å²) in [5, 5.41) is 8.99. The number of ether oxygens (including phenoxy) is 2. The lowest BCUT2D eigenvalue weighted by Gasteiger charge is -2.07. The van der Waals surface area contributed by atoms with Crippen LogP contribution in [0.1, 0.15) is 19.8 Å². The van der Waals surface area contributed by atoms with E-state index in [9.17, 15) is 4.79 Å². The minimum atomic E-state index is -0.284. The van der Waals surface area contributed by atoms with E-state index < -0.39 is 0 Å². The molecule has 1 aromatic heterocycles. The predicted octanol–water partition coefficient (Wildman–Crippen LogP) is 2.93. The fraction of sp³-hybridized carbons (Fsp3) is 0.438. The maximum atomic E-state index is 11.2. The average molecular weight is 335 g/mol. The van der Waals surface area contributed by atoms with E-state index in [2.05, 4.69) is 21.9 Å². The molecule has 2 rings (SSSR count). The zero-order valence-corrected chi connectivity index (χ0v) is 14.4. The molecule has 1 heterocycles. The van der Waals surface area contributed by atoms with Crippen LogP contribution in [0.25, 0.3) is 11.4 Å². The van der Waals surface area contributed by atoms with Crippen molar-refractivity contribution in [1.29, 1.82) is 0 Å². The first-order valence-corrected chi connectivity index (χ1v) is 8.46. The second-order valence-electron chi connectivity index (χ2n) is 4.96. The van der Waals surface area contributed by atoms with Crippen molar-refractivity contribution < 1.29 is 14.3 Å². The van der Waals surface area contributed by atoms with Crippen molar-refractivity contribution in [2.75, 3.05) is 19.5 Å². The van der Waals surface area contributed by atoms with Crippen molar-refractivity contribution in [3.63, 3.8) is 0 Å². The van der Waals surface area contributed by atoms with Gasteiger partial charge >= 0.3 is 5.97 Å². The number of aromatic nitrogens is 3. The average Bonchev–Trinajstić information content (AvgIpc) is 2.94. The van der Waals surface area contributed by atoms with Crippen LogP contribution in [-0.2, 0) is 16.6 Å². The van der Waals surface area contributed by atoms with E-state index in [1.165, 1.54) is 18.9 Å². The summed E-state index contributed by atoms with van der Waals surface area (Å²) in [6.07, 6.45) is 2.16. The zero-order chi connectivity index (χ0) is 16.7. The summed E-state index contributed by atoms with van der Waals surface area (Å²) < 4.78 is 12.1. The number of methoxy groups -OCH3 is 1. The Hall–Kier alpha value is -2.02. The maximum absolute atomic E-state index is 11.2.